The van der Waals surface area contributed by atoms with Crippen LogP contribution in [0.1, 0.15) is 11.3 Å². The zero-order chi connectivity index (χ0) is 21.2. The third-order valence-electron chi connectivity index (χ3n) is 3.95. The van der Waals surface area contributed by atoms with Gasteiger partial charge in [-0.25, -0.2) is 9.97 Å². The summed E-state index contributed by atoms with van der Waals surface area (Å²) in [5, 5.41) is 15.8. The average molecular weight is 406 g/mol. The molecule has 3 rings (SSSR count). The summed E-state index contributed by atoms with van der Waals surface area (Å²) in [5.41, 5.74) is 7.23. The Hall–Kier alpha value is -3.47. The second-order valence-corrected chi connectivity index (χ2v) is 6.37. The standard InChI is InChI=1S/C18H17F3N6O2/c1-10-4-11(12-7-24-27(8-12)9-14(22)16(28)29)6-13(5-10)25-17-23-3-2-15(26-17)18(19,20)21/h2-8,14H,9,22H2,1H3,(H,28,29)(H,23,25,26). The molecule has 0 spiro atoms. The number of hydrogen-bond acceptors (Lipinski definition) is 6. The summed E-state index contributed by atoms with van der Waals surface area (Å²) in [5.74, 6) is -1.32. The SMILES string of the molecule is Cc1cc(Nc2nccc(C(F)(F)F)n2)cc(-c2cnn(CC(N)C(=O)O)c2)c1. The van der Waals surface area contributed by atoms with Gasteiger partial charge in [0.05, 0.1) is 12.7 Å². The van der Waals surface area contributed by atoms with E-state index in [9.17, 15) is 18.0 Å². The first-order chi connectivity index (χ1) is 13.6. The molecule has 1 aromatic carbocycles. The number of carboxylic acid groups (broad SMARTS) is 1. The number of nitrogens with one attached hydrogen (secondary N) is 1. The highest BCUT2D eigenvalue weighted by atomic mass is 19.4. The number of alkyl halides is 3. The Morgan fingerprint density at radius 2 is 2.07 bits per heavy atom. The van der Waals surface area contributed by atoms with Crippen molar-refractivity contribution in [2.75, 3.05) is 5.32 Å². The molecule has 0 amide bonds. The Labute approximate surface area is 163 Å². The highest BCUT2D eigenvalue weighted by molar-refractivity contribution is 5.73. The van der Waals surface area contributed by atoms with Crippen molar-refractivity contribution in [1.29, 1.82) is 0 Å². The van der Waals surface area contributed by atoms with E-state index in [2.05, 4.69) is 20.4 Å². The number of nitrogens with two attached hydrogens (primary N) is 1. The van der Waals surface area contributed by atoms with E-state index in [4.69, 9.17) is 10.8 Å². The third-order valence-corrected chi connectivity index (χ3v) is 3.95. The van der Waals surface area contributed by atoms with E-state index in [1.807, 2.05) is 13.0 Å². The number of halogens is 3. The van der Waals surface area contributed by atoms with Gasteiger partial charge in [0.1, 0.15) is 11.7 Å². The van der Waals surface area contributed by atoms with E-state index in [0.29, 0.717) is 11.3 Å². The lowest BCUT2D eigenvalue weighted by Crippen LogP contribution is -2.34. The van der Waals surface area contributed by atoms with Gasteiger partial charge in [-0.15, -0.1) is 0 Å². The molecule has 0 radical (unpaired) electrons. The van der Waals surface area contributed by atoms with Gasteiger partial charge in [0.2, 0.25) is 5.95 Å². The predicted molar refractivity (Wildman–Crippen MR) is 98.3 cm³/mol. The molecule has 4 N–H and O–H groups in total. The molecule has 1 atom stereocenters. The van der Waals surface area contributed by atoms with Crippen LogP contribution >= 0.6 is 0 Å². The molecule has 1 unspecified atom stereocenters. The number of benzene rings is 1. The maximum atomic E-state index is 12.8. The van der Waals surface area contributed by atoms with Crippen molar-refractivity contribution in [3.63, 3.8) is 0 Å². The second-order valence-electron chi connectivity index (χ2n) is 6.37. The number of aromatic nitrogens is 4. The molecule has 2 aromatic heterocycles. The smallest absolute Gasteiger partial charge is 0.433 e. The van der Waals surface area contributed by atoms with Crippen molar-refractivity contribution >= 4 is 17.6 Å². The first kappa shape index (κ1) is 20.3. The fraction of sp³-hybridized carbons (Fsp3) is 0.222. The summed E-state index contributed by atoms with van der Waals surface area (Å²) in [7, 11) is 0. The van der Waals surface area contributed by atoms with Crippen LogP contribution in [0.4, 0.5) is 24.8 Å². The van der Waals surface area contributed by atoms with Gasteiger partial charge in [0.15, 0.2) is 0 Å². The number of anilines is 2. The molecule has 0 aliphatic carbocycles. The van der Waals surface area contributed by atoms with Crippen molar-refractivity contribution < 1.29 is 23.1 Å². The normalized spacial score (nSPS) is 12.6. The van der Waals surface area contributed by atoms with E-state index >= 15 is 0 Å². The van der Waals surface area contributed by atoms with Crippen molar-refractivity contribution in [2.24, 2.45) is 5.73 Å². The third kappa shape index (κ3) is 5.08. The number of nitrogens with zero attached hydrogens (tertiary/aromatic N) is 4. The van der Waals surface area contributed by atoms with E-state index in [1.165, 1.54) is 4.68 Å². The van der Waals surface area contributed by atoms with Crippen LogP contribution in [0.25, 0.3) is 11.1 Å². The Bertz CT molecular complexity index is 1030. The molecule has 0 aliphatic rings. The van der Waals surface area contributed by atoms with Gasteiger partial charge in [0, 0.05) is 23.6 Å². The van der Waals surface area contributed by atoms with Gasteiger partial charge >= 0.3 is 12.1 Å². The van der Waals surface area contributed by atoms with Crippen LogP contribution in [0.3, 0.4) is 0 Å². The lowest BCUT2D eigenvalue weighted by Gasteiger charge is -2.10. The quantitative estimate of drug-likeness (QED) is 0.576. The zero-order valence-electron chi connectivity index (χ0n) is 15.2. The number of hydrogen-bond donors (Lipinski definition) is 3. The summed E-state index contributed by atoms with van der Waals surface area (Å²) >= 11 is 0. The van der Waals surface area contributed by atoms with Crippen LogP contribution in [-0.2, 0) is 17.5 Å². The Balaban J connectivity index is 1.84. The van der Waals surface area contributed by atoms with E-state index in [-0.39, 0.29) is 12.5 Å². The first-order valence-electron chi connectivity index (χ1n) is 8.42. The van der Waals surface area contributed by atoms with Crippen LogP contribution in [0.5, 0.6) is 0 Å². The number of carbonyl (C=O) groups is 1. The zero-order valence-corrected chi connectivity index (χ0v) is 15.2. The first-order valence-corrected chi connectivity index (χ1v) is 8.42. The molecule has 0 aliphatic heterocycles. The minimum absolute atomic E-state index is 0.00430. The molecule has 0 bridgehead atoms. The molecule has 0 fully saturated rings. The molecule has 152 valence electrons. The lowest BCUT2D eigenvalue weighted by atomic mass is 10.1. The number of carboxylic acids is 1. The van der Waals surface area contributed by atoms with Crippen molar-refractivity contribution in [2.45, 2.75) is 25.7 Å². The average Bonchev–Trinajstić information content (AvgIpc) is 3.09. The van der Waals surface area contributed by atoms with Gasteiger partial charge in [-0.3, -0.25) is 9.48 Å². The van der Waals surface area contributed by atoms with Crippen LogP contribution < -0.4 is 11.1 Å². The summed E-state index contributed by atoms with van der Waals surface area (Å²) < 4.78 is 39.9. The van der Waals surface area contributed by atoms with Crippen LogP contribution in [0.2, 0.25) is 0 Å². The van der Waals surface area contributed by atoms with E-state index in [0.717, 1.165) is 23.4 Å². The minimum atomic E-state index is -4.57. The highest BCUT2D eigenvalue weighted by Gasteiger charge is 2.32. The minimum Gasteiger partial charge on any atom is -0.480 e. The number of aryl methyl sites for hydroxylation is 1. The van der Waals surface area contributed by atoms with E-state index in [1.54, 1.807) is 24.5 Å². The predicted octanol–water partition coefficient (Wildman–Crippen LogP) is 2.82. The highest BCUT2D eigenvalue weighted by Crippen LogP contribution is 2.29. The lowest BCUT2D eigenvalue weighted by molar-refractivity contribution is -0.141. The topological polar surface area (TPSA) is 119 Å². The van der Waals surface area contributed by atoms with Gasteiger partial charge in [-0.2, -0.15) is 18.3 Å². The Kier molecular flexibility index (Phi) is 5.50. The van der Waals surface area contributed by atoms with Crippen LogP contribution in [0, 0.1) is 6.92 Å². The fourth-order valence-electron chi connectivity index (χ4n) is 2.62. The van der Waals surface area contributed by atoms with E-state index < -0.39 is 23.9 Å². The van der Waals surface area contributed by atoms with Gasteiger partial charge in [0.25, 0.3) is 0 Å². The maximum Gasteiger partial charge on any atom is 0.433 e. The van der Waals surface area contributed by atoms with Crippen molar-refractivity contribution in [3.05, 3.63) is 54.1 Å². The van der Waals surface area contributed by atoms with Crippen LogP contribution in [-0.4, -0.2) is 36.9 Å². The fourth-order valence-corrected chi connectivity index (χ4v) is 2.62. The molecular weight excluding hydrogens is 389 g/mol. The molecule has 11 heteroatoms. The maximum absolute atomic E-state index is 12.8. The van der Waals surface area contributed by atoms with Gasteiger partial charge < -0.3 is 16.2 Å². The molecule has 0 saturated heterocycles. The van der Waals surface area contributed by atoms with Gasteiger partial charge in [-0.1, -0.05) is 6.07 Å². The second kappa shape index (κ2) is 7.87. The summed E-state index contributed by atoms with van der Waals surface area (Å²) in [4.78, 5) is 18.2. The molecule has 29 heavy (non-hydrogen) atoms. The van der Waals surface area contributed by atoms with Gasteiger partial charge in [-0.05, 0) is 36.2 Å². The molecule has 8 nitrogen and oxygen atoms in total. The Morgan fingerprint density at radius 3 is 2.76 bits per heavy atom. The molecular formula is C18H17F3N6O2. The summed E-state index contributed by atoms with van der Waals surface area (Å²) in [6.07, 6.45) is -0.344. The summed E-state index contributed by atoms with van der Waals surface area (Å²) in [6.45, 7) is 1.83. The Morgan fingerprint density at radius 1 is 1.31 bits per heavy atom. The van der Waals surface area contributed by atoms with Crippen molar-refractivity contribution in [3.8, 4) is 11.1 Å². The largest absolute Gasteiger partial charge is 0.480 e. The number of rotatable bonds is 6. The monoisotopic (exact) mass is 406 g/mol. The molecule has 3 aromatic rings. The van der Waals surface area contributed by atoms with Crippen molar-refractivity contribution in [1.82, 2.24) is 19.7 Å². The van der Waals surface area contributed by atoms with Crippen LogP contribution in [0.15, 0.2) is 42.9 Å². The molecule has 2 heterocycles. The number of aliphatic carboxylic acids is 1. The molecule has 0 saturated carbocycles. The summed E-state index contributed by atoms with van der Waals surface area (Å²) in [6, 6.07) is 5.00.